The number of rotatable bonds is 5. The van der Waals surface area contributed by atoms with Gasteiger partial charge in [-0.2, -0.15) is 0 Å². The van der Waals surface area contributed by atoms with Gasteiger partial charge in [0.25, 0.3) is 0 Å². The summed E-state index contributed by atoms with van der Waals surface area (Å²) < 4.78 is 5.30. The van der Waals surface area contributed by atoms with Crippen molar-refractivity contribution < 1.29 is 9.53 Å². The van der Waals surface area contributed by atoms with Gasteiger partial charge >= 0.3 is 5.97 Å². The summed E-state index contributed by atoms with van der Waals surface area (Å²) in [6.07, 6.45) is 1.76. The smallest absolute Gasteiger partial charge is 0.333 e. The molecule has 3 aromatic heterocycles. The van der Waals surface area contributed by atoms with Gasteiger partial charge in [-0.25, -0.2) is 4.79 Å². The Kier molecular flexibility index (Phi) is 5.10. The lowest BCUT2D eigenvalue weighted by Crippen LogP contribution is -2.04. The van der Waals surface area contributed by atoms with Crippen LogP contribution in [0, 0.1) is 0 Å². The third-order valence-electron chi connectivity index (χ3n) is 3.38. The van der Waals surface area contributed by atoms with Crippen LogP contribution in [0.4, 0.5) is 0 Å². The van der Waals surface area contributed by atoms with E-state index in [2.05, 4.69) is 35.7 Å². The van der Waals surface area contributed by atoms with Crippen LogP contribution in [0.15, 0.2) is 53.4 Å². The van der Waals surface area contributed by atoms with Gasteiger partial charge in [0.2, 0.25) is 0 Å². The molecule has 23 heavy (non-hydrogen) atoms. The maximum Gasteiger partial charge on any atom is 0.333 e. The summed E-state index contributed by atoms with van der Waals surface area (Å²) in [4.78, 5) is 17.8. The Labute approximate surface area is 147 Å². The van der Waals surface area contributed by atoms with E-state index in [1.165, 1.54) is 19.5 Å². The molecule has 0 N–H and O–H groups in total. The van der Waals surface area contributed by atoms with Gasteiger partial charge in [0.1, 0.15) is 6.61 Å². The van der Waals surface area contributed by atoms with Crippen molar-refractivity contribution in [1.82, 2.24) is 0 Å². The molecular weight excluding hydrogens is 344 g/mol. The summed E-state index contributed by atoms with van der Waals surface area (Å²) in [7, 11) is 0. The van der Waals surface area contributed by atoms with Crippen molar-refractivity contribution in [2.75, 3.05) is 0 Å². The molecule has 0 spiro atoms. The first-order chi connectivity index (χ1) is 11.2. The first-order valence-corrected chi connectivity index (χ1v) is 9.71. The fourth-order valence-electron chi connectivity index (χ4n) is 1.98. The van der Waals surface area contributed by atoms with E-state index in [1.807, 2.05) is 13.0 Å². The standard InChI is InChI=1S/C18H16O2S3/c1-3-12(2)18(19)20-11-13-6-7-16(22-13)17-9-8-15(23-17)14-5-4-10-21-14/h3-10H,11H2,1-2H3. The summed E-state index contributed by atoms with van der Waals surface area (Å²) in [5.41, 5.74) is 0.639. The summed E-state index contributed by atoms with van der Waals surface area (Å²) >= 11 is 5.23. The molecule has 5 heteroatoms. The van der Waals surface area contributed by atoms with Gasteiger partial charge in [-0.1, -0.05) is 12.1 Å². The van der Waals surface area contributed by atoms with Crippen molar-refractivity contribution in [3.05, 3.63) is 58.3 Å². The van der Waals surface area contributed by atoms with Gasteiger partial charge in [-0.3, -0.25) is 0 Å². The molecule has 0 saturated carbocycles. The van der Waals surface area contributed by atoms with Crippen LogP contribution in [-0.4, -0.2) is 5.97 Å². The SMILES string of the molecule is CC=C(C)C(=O)OCc1ccc(-c2ccc(-c3cccs3)s2)s1. The van der Waals surface area contributed by atoms with Crippen LogP contribution in [0.3, 0.4) is 0 Å². The lowest BCUT2D eigenvalue weighted by molar-refractivity contribution is -0.140. The van der Waals surface area contributed by atoms with Crippen LogP contribution in [0.25, 0.3) is 19.5 Å². The van der Waals surface area contributed by atoms with Crippen molar-refractivity contribution in [3.63, 3.8) is 0 Å². The second-order valence-electron chi connectivity index (χ2n) is 4.95. The zero-order valence-corrected chi connectivity index (χ0v) is 15.3. The average Bonchev–Trinajstić information content (AvgIpc) is 3.31. The Bertz CT molecular complexity index is 822. The summed E-state index contributed by atoms with van der Waals surface area (Å²) in [5, 5.41) is 2.10. The van der Waals surface area contributed by atoms with Crippen molar-refractivity contribution in [1.29, 1.82) is 0 Å². The molecule has 0 amide bonds. The van der Waals surface area contributed by atoms with Gasteiger partial charge in [-0.15, -0.1) is 34.0 Å². The Hall–Kier alpha value is -1.69. The molecule has 3 rings (SSSR count). The number of hydrogen-bond donors (Lipinski definition) is 0. The molecule has 0 aliphatic carbocycles. The summed E-state index contributed by atoms with van der Waals surface area (Å²) in [6.45, 7) is 3.93. The molecule has 2 nitrogen and oxygen atoms in total. The second-order valence-corrected chi connectivity index (χ2v) is 8.15. The molecule has 0 aromatic carbocycles. The molecule has 0 bridgehead atoms. The highest BCUT2D eigenvalue weighted by Crippen LogP contribution is 2.39. The highest BCUT2D eigenvalue weighted by Gasteiger charge is 2.10. The van der Waals surface area contributed by atoms with Gasteiger partial charge in [0.05, 0.1) is 0 Å². The Balaban J connectivity index is 1.69. The maximum absolute atomic E-state index is 11.7. The number of esters is 1. The quantitative estimate of drug-likeness (QED) is 0.399. The lowest BCUT2D eigenvalue weighted by atomic mass is 10.3. The predicted molar refractivity (Wildman–Crippen MR) is 100 cm³/mol. The molecule has 118 valence electrons. The van der Waals surface area contributed by atoms with E-state index in [1.54, 1.807) is 47.0 Å². The highest BCUT2D eigenvalue weighted by atomic mass is 32.1. The number of carbonyl (C=O) groups excluding carboxylic acids is 1. The molecule has 3 aromatic rings. The minimum absolute atomic E-state index is 0.251. The van der Waals surface area contributed by atoms with Gasteiger partial charge in [0, 0.05) is 30.0 Å². The van der Waals surface area contributed by atoms with Crippen LogP contribution < -0.4 is 0 Å². The van der Waals surface area contributed by atoms with E-state index >= 15 is 0 Å². The van der Waals surface area contributed by atoms with E-state index in [0.29, 0.717) is 12.2 Å². The average molecular weight is 361 g/mol. The molecule has 0 radical (unpaired) electrons. The summed E-state index contributed by atoms with van der Waals surface area (Å²) in [5.74, 6) is -0.251. The van der Waals surface area contributed by atoms with Crippen molar-refractivity contribution in [2.45, 2.75) is 20.5 Å². The van der Waals surface area contributed by atoms with Gasteiger partial charge < -0.3 is 4.74 Å². The number of carbonyl (C=O) groups is 1. The molecular formula is C18H16O2S3. The summed E-state index contributed by atoms with van der Waals surface area (Å²) in [6, 6.07) is 12.7. The van der Waals surface area contributed by atoms with Crippen LogP contribution >= 0.6 is 34.0 Å². The van der Waals surface area contributed by atoms with Crippen LogP contribution in [0.2, 0.25) is 0 Å². The first-order valence-electron chi connectivity index (χ1n) is 7.20. The van der Waals surface area contributed by atoms with E-state index < -0.39 is 0 Å². The first kappa shape index (κ1) is 16.2. The van der Waals surface area contributed by atoms with Gasteiger partial charge in [-0.05, 0) is 49.6 Å². The van der Waals surface area contributed by atoms with E-state index in [9.17, 15) is 4.79 Å². The number of hydrogen-bond acceptors (Lipinski definition) is 5. The highest BCUT2D eigenvalue weighted by molar-refractivity contribution is 7.26. The predicted octanol–water partition coefficient (Wildman–Crippen LogP) is 6.21. The Morgan fingerprint density at radius 1 is 1.04 bits per heavy atom. The van der Waals surface area contributed by atoms with E-state index in [4.69, 9.17) is 4.74 Å². The maximum atomic E-state index is 11.7. The minimum atomic E-state index is -0.251. The second kappa shape index (κ2) is 7.25. The largest absolute Gasteiger partial charge is 0.457 e. The molecule has 0 aliphatic rings. The minimum Gasteiger partial charge on any atom is -0.457 e. The zero-order valence-electron chi connectivity index (χ0n) is 12.9. The number of allylic oxidation sites excluding steroid dienone is 1. The van der Waals surface area contributed by atoms with Crippen molar-refractivity contribution in [2.24, 2.45) is 0 Å². The van der Waals surface area contributed by atoms with E-state index in [-0.39, 0.29) is 5.97 Å². The lowest BCUT2D eigenvalue weighted by Gasteiger charge is -2.02. The molecule has 0 saturated heterocycles. The molecule has 3 heterocycles. The molecule has 0 atom stereocenters. The molecule has 0 fully saturated rings. The fourth-order valence-corrected chi connectivity index (χ4v) is 4.83. The van der Waals surface area contributed by atoms with E-state index in [0.717, 1.165) is 4.88 Å². The van der Waals surface area contributed by atoms with Crippen LogP contribution in [-0.2, 0) is 16.1 Å². The third-order valence-corrected chi connectivity index (χ3v) is 6.78. The fraction of sp³-hybridized carbons (Fsp3) is 0.167. The topological polar surface area (TPSA) is 26.3 Å². The third kappa shape index (κ3) is 3.80. The Morgan fingerprint density at radius 3 is 2.43 bits per heavy atom. The van der Waals surface area contributed by atoms with Crippen LogP contribution in [0.5, 0.6) is 0 Å². The zero-order chi connectivity index (χ0) is 16.2. The number of ether oxygens (including phenoxy) is 1. The Morgan fingerprint density at radius 2 is 1.74 bits per heavy atom. The molecule has 0 unspecified atom stereocenters. The normalized spacial score (nSPS) is 11.7. The molecule has 0 aliphatic heterocycles. The monoisotopic (exact) mass is 360 g/mol. The van der Waals surface area contributed by atoms with Crippen molar-refractivity contribution >= 4 is 40.0 Å². The number of thiophene rings is 3. The van der Waals surface area contributed by atoms with Crippen LogP contribution in [0.1, 0.15) is 18.7 Å². The van der Waals surface area contributed by atoms with Gasteiger partial charge in [0.15, 0.2) is 0 Å². The van der Waals surface area contributed by atoms with Crippen molar-refractivity contribution in [3.8, 4) is 19.5 Å².